The molecule has 176 valence electrons. The first kappa shape index (κ1) is 25.7. The van der Waals surface area contributed by atoms with Gasteiger partial charge in [0.2, 0.25) is 5.96 Å². The molecule has 1 aliphatic carbocycles. The molecule has 1 fully saturated rings. The molecule has 0 bridgehead atoms. The number of amides is 1. The predicted molar refractivity (Wildman–Crippen MR) is 127 cm³/mol. The monoisotopic (exact) mass is 453 g/mol. The number of carbonyl (C=O) groups is 1. The third-order valence-corrected chi connectivity index (χ3v) is 5.71. The number of nitrogens with two attached hydrogens (primary N) is 1. The zero-order chi connectivity index (χ0) is 24.1. The number of hydrogen-bond acceptors (Lipinski definition) is 4. The molecule has 0 saturated heterocycles. The molecule has 0 aromatic heterocycles. The fourth-order valence-corrected chi connectivity index (χ4v) is 3.99. The van der Waals surface area contributed by atoms with Crippen LogP contribution in [0.4, 0.5) is 4.39 Å². The Bertz CT molecular complexity index is 964. The number of nitriles is 1. The molecule has 0 aliphatic heterocycles. The van der Waals surface area contributed by atoms with Gasteiger partial charge < -0.3 is 15.8 Å². The summed E-state index contributed by atoms with van der Waals surface area (Å²) in [7, 11) is 1.50. The molecule has 8 heteroatoms. The number of para-hydroxylation sites is 1. The molecule has 0 atom stereocenters. The molecular weight excluding hydrogens is 421 g/mol. The number of guanidine groups is 1. The largest absolute Gasteiger partial charge is 0.493 e. The highest BCUT2D eigenvalue weighted by atomic mass is 19.1. The minimum absolute atomic E-state index is 0.123. The second kappa shape index (κ2) is 13.1. The van der Waals surface area contributed by atoms with Crippen LogP contribution in [0.25, 0.3) is 0 Å². The van der Waals surface area contributed by atoms with Crippen LogP contribution in [-0.4, -0.2) is 32.1 Å². The van der Waals surface area contributed by atoms with E-state index in [1.165, 1.54) is 25.6 Å². The Morgan fingerprint density at radius 1 is 1.18 bits per heavy atom. The van der Waals surface area contributed by atoms with E-state index in [1.807, 2.05) is 37.3 Å². The Morgan fingerprint density at radius 3 is 2.42 bits per heavy atom. The quantitative estimate of drug-likeness (QED) is 0.266. The van der Waals surface area contributed by atoms with Gasteiger partial charge in [-0.1, -0.05) is 43.5 Å². The molecule has 0 spiro atoms. The van der Waals surface area contributed by atoms with Gasteiger partial charge in [0.05, 0.1) is 12.2 Å². The van der Waals surface area contributed by atoms with Crippen molar-refractivity contribution in [3.63, 3.8) is 0 Å². The van der Waals surface area contributed by atoms with Gasteiger partial charge in [-0.15, -0.1) is 0 Å². The van der Waals surface area contributed by atoms with E-state index in [-0.39, 0.29) is 23.1 Å². The van der Waals surface area contributed by atoms with Crippen LogP contribution in [0.5, 0.6) is 5.75 Å². The van der Waals surface area contributed by atoms with Crippen LogP contribution in [0.2, 0.25) is 0 Å². The van der Waals surface area contributed by atoms with Gasteiger partial charge in [0, 0.05) is 19.0 Å². The van der Waals surface area contributed by atoms with Crippen LogP contribution in [0, 0.1) is 17.3 Å². The van der Waals surface area contributed by atoms with E-state index in [1.54, 1.807) is 12.3 Å². The lowest BCUT2D eigenvalue weighted by molar-refractivity contribution is 0.0933. The van der Waals surface area contributed by atoms with Crippen molar-refractivity contribution in [1.29, 1.82) is 5.26 Å². The highest BCUT2D eigenvalue weighted by Crippen LogP contribution is 2.39. The smallest absolute Gasteiger partial charge is 0.255 e. The summed E-state index contributed by atoms with van der Waals surface area (Å²) in [5.41, 5.74) is 6.54. The molecule has 2 aromatic carbocycles. The Hall–Kier alpha value is -3.60. The van der Waals surface area contributed by atoms with E-state index in [4.69, 9.17) is 15.7 Å². The number of hydrogen-bond donors (Lipinski definition) is 3. The summed E-state index contributed by atoms with van der Waals surface area (Å²) in [6.07, 6.45) is 7.09. The van der Waals surface area contributed by atoms with Crippen molar-refractivity contribution in [1.82, 2.24) is 10.6 Å². The van der Waals surface area contributed by atoms with Gasteiger partial charge in [-0.2, -0.15) is 5.26 Å². The average Bonchev–Trinajstić information content (AvgIpc) is 2.84. The first-order valence-electron chi connectivity index (χ1n) is 11.1. The first-order valence-corrected chi connectivity index (χ1v) is 11.1. The lowest BCUT2D eigenvalue weighted by Gasteiger charge is -2.38. The van der Waals surface area contributed by atoms with E-state index < -0.39 is 0 Å². The summed E-state index contributed by atoms with van der Waals surface area (Å²) in [6, 6.07) is 14.1. The zero-order valence-corrected chi connectivity index (χ0v) is 19.2. The van der Waals surface area contributed by atoms with Gasteiger partial charge in [0.1, 0.15) is 11.6 Å². The summed E-state index contributed by atoms with van der Waals surface area (Å²) >= 11 is 0. The second-order valence-corrected chi connectivity index (χ2v) is 7.81. The van der Waals surface area contributed by atoms with Gasteiger partial charge in [-0.25, -0.2) is 4.39 Å². The van der Waals surface area contributed by atoms with Crippen LogP contribution in [0.1, 0.15) is 54.9 Å². The van der Waals surface area contributed by atoms with Gasteiger partial charge in [-0.05, 0) is 49.6 Å². The third-order valence-electron chi connectivity index (χ3n) is 5.71. The fraction of sp³-hybridized carbons (Fsp3) is 0.400. The van der Waals surface area contributed by atoms with E-state index in [0.29, 0.717) is 24.5 Å². The Morgan fingerprint density at radius 2 is 1.85 bits per heavy atom. The molecule has 0 unspecified atom stereocenters. The number of benzene rings is 2. The highest BCUT2D eigenvalue weighted by molar-refractivity contribution is 5.97. The maximum absolute atomic E-state index is 13.3. The molecule has 0 radical (unpaired) electrons. The molecular formula is C25H32FN5O2. The topological polar surface area (TPSA) is 113 Å². The number of aliphatic imine (C=N–C) groups is 1. The first-order chi connectivity index (χ1) is 16.0. The third kappa shape index (κ3) is 7.49. The van der Waals surface area contributed by atoms with Crippen molar-refractivity contribution in [3.8, 4) is 11.9 Å². The van der Waals surface area contributed by atoms with Gasteiger partial charge in [0.25, 0.3) is 5.91 Å². The van der Waals surface area contributed by atoms with Gasteiger partial charge in [0.15, 0.2) is 6.19 Å². The van der Waals surface area contributed by atoms with Crippen LogP contribution in [0.15, 0.2) is 53.5 Å². The van der Waals surface area contributed by atoms with E-state index >= 15 is 0 Å². The Balaban J connectivity index is 0.000000479. The SMILES string of the molecule is CCOc1ccccc1C(=O)NCC1(c2ccc(F)cc2)CCCCC1.CN=C(N)NC#N. The molecule has 3 rings (SSSR count). The minimum atomic E-state index is -0.227. The summed E-state index contributed by atoms with van der Waals surface area (Å²) in [5.74, 6) is 0.393. The number of nitrogens with zero attached hydrogens (tertiary/aromatic N) is 2. The highest BCUT2D eigenvalue weighted by Gasteiger charge is 2.34. The van der Waals surface area contributed by atoms with Crippen LogP contribution in [-0.2, 0) is 5.41 Å². The lowest BCUT2D eigenvalue weighted by Crippen LogP contribution is -2.42. The summed E-state index contributed by atoms with van der Waals surface area (Å²) in [4.78, 5) is 16.2. The number of carbonyl (C=O) groups excluding carboxylic acids is 1. The van der Waals surface area contributed by atoms with Crippen molar-refractivity contribution in [3.05, 3.63) is 65.5 Å². The number of ether oxygens (including phenoxy) is 1. The summed E-state index contributed by atoms with van der Waals surface area (Å²) < 4.78 is 18.9. The summed E-state index contributed by atoms with van der Waals surface area (Å²) in [6.45, 7) is 2.97. The molecule has 2 aromatic rings. The minimum Gasteiger partial charge on any atom is -0.493 e. The molecule has 33 heavy (non-hydrogen) atoms. The van der Waals surface area contributed by atoms with Crippen molar-refractivity contribution in [2.45, 2.75) is 44.4 Å². The zero-order valence-electron chi connectivity index (χ0n) is 19.2. The Kier molecular flexibility index (Phi) is 10.2. The molecule has 1 aliphatic rings. The maximum atomic E-state index is 13.3. The standard InChI is InChI=1S/C22H26FNO2.C3H6N4/c1-2-26-20-9-5-4-8-19(20)21(25)24-16-22(14-6-3-7-15-22)17-10-12-18(23)13-11-17;1-6-3(5)7-2-4/h4-5,8-13H,2-3,6-7,14-16H2,1H3,(H,24,25);1H3,(H3,5,6,7). The molecule has 1 saturated carbocycles. The molecule has 4 N–H and O–H groups in total. The van der Waals surface area contributed by atoms with Crippen LogP contribution >= 0.6 is 0 Å². The van der Waals surface area contributed by atoms with E-state index in [9.17, 15) is 9.18 Å². The lowest BCUT2D eigenvalue weighted by atomic mass is 9.69. The van der Waals surface area contributed by atoms with Gasteiger partial charge >= 0.3 is 0 Å². The van der Waals surface area contributed by atoms with Crippen molar-refractivity contribution in [2.24, 2.45) is 10.7 Å². The fourth-order valence-electron chi connectivity index (χ4n) is 3.99. The Labute approximate surface area is 194 Å². The normalized spacial score (nSPS) is 14.8. The van der Waals surface area contributed by atoms with Gasteiger partial charge in [-0.3, -0.25) is 15.1 Å². The van der Waals surface area contributed by atoms with Crippen LogP contribution in [0.3, 0.4) is 0 Å². The van der Waals surface area contributed by atoms with E-state index in [0.717, 1.165) is 31.2 Å². The number of rotatable bonds is 6. The van der Waals surface area contributed by atoms with E-state index in [2.05, 4.69) is 15.6 Å². The van der Waals surface area contributed by atoms with Crippen molar-refractivity contribution in [2.75, 3.05) is 20.2 Å². The molecule has 1 amide bonds. The molecule has 7 nitrogen and oxygen atoms in total. The van der Waals surface area contributed by atoms with Crippen molar-refractivity contribution < 1.29 is 13.9 Å². The second-order valence-electron chi connectivity index (χ2n) is 7.81. The van der Waals surface area contributed by atoms with Crippen molar-refractivity contribution >= 4 is 11.9 Å². The predicted octanol–water partition coefficient (Wildman–Crippen LogP) is 3.86. The molecule has 0 heterocycles. The average molecular weight is 454 g/mol. The number of halogens is 1. The number of nitrogens with one attached hydrogen (secondary N) is 2. The van der Waals surface area contributed by atoms with Crippen LogP contribution < -0.4 is 21.1 Å². The maximum Gasteiger partial charge on any atom is 0.255 e. The summed E-state index contributed by atoms with van der Waals surface area (Å²) in [5, 5.41) is 13.1.